The average Bonchev–Trinajstić information content (AvgIpc) is 2.05. The van der Waals surface area contributed by atoms with E-state index >= 15 is 0 Å². The van der Waals surface area contributed by atoms with Gasteiger partial charge in [-0.25, -0.2) is 0 Å². The summed E-state index contributed by atoms with van der Waals surface area (Å²) >= 11 is 0. The highest BCUT2D eigenvalue weighted by atomic mass is 16.6. The standard InChI is InChI=1S/C9H16O3/c1-2-3-4-5-6-7-9(11)12-8-10/h2,10H,1,3-8H2. The maximum absolute atomic E-state index is 10.7. The van der Waals surface area contributed by atoms with Crippen molar-refractivity contribution in [1.82, 2.24) is 0 Å². The van der Waals surface area contributed by atoms with Crippen molar-refractivity contribution in [2.45, 2.75) is 32.1 Å². The molecule has 0 saturated heterocycles. The van der Waals surface area contributed by atoms with E-state index in [2.05, 4.69) is 11.3 Å². The summed E-state index contributed by atoms with van der Waals surface area (Å²) in [7, 11) is 0. The molecule has 0 radical (unpaired) electrons. The first-order chi connectivity index (χ1) is 5.81. The lowest BCUT2D eigenvalue weighted by atomic mass is 10.1. The molecular formula is C9H16O3. The predicted octanol–water partition coefficient (Wildman–Crippen LogP) is 1.62. The van der Waals surface area contributed by atoms with Gasteiger partial charge in [-0.3, -0.25) is 4.79 Å². The van der Waals surface area contributed by atoms with Gasteiger partial charge in [-0.2, -0.15) is 0 Å². The summed E-state index contributed by atoms with van der Waals surface area (Å²) in [5.41, 5.74) is 0. The van der Waals surface area contributed by atoms with E-state index in [-0.39, 0.29) is 5.97 Å². The van der Waals surface area contributed by atoms with Crippen LogP contribution in [-0.4, -0.2) is 17.9 Å². The van der Waals surface area contributed by atoms with Gasteiger partial charge in [-0.15, -0.1) is 6.58 Å². The number of rotatable bonds is 7. The monoisotopic (exact) mass is 172 g/mol. The van der Waals surface area contributed by atoms with Gasteiger partial charge in [0.15, 0.2) is 6.79 Å². The zero-order valence-corrected chi connectivity index (χ0v) is 7.29. The van der Waals surface area contributed by atoms with Crippen LogP contribution in [0.4, 0.5) is 0 Å². The van der Waals surface area contributed by atoms with E-state index in [1.54, 1.807) is 0 Å². The smallest absolute Gasteiger partial charge is 0.307 e. The highest BCUT2D eigenvalue weighted by molar-refractivity contribution is 5.69. The second kappa shape index (κ2) is 8.27. The Balaban J connectivity index is 3.08. The van der Waals surface area contributed by atoms with Gasteiger partial charge in [-0.05, 0) is 19.3 Å². The molecule has 0 aliphatic carbocycles. The van der Waals surface area contributed by atoms with Gasteiger partial charge in [0.1, 0.15) is 0 Å². The van der Waals surface area contributed by atoms with Crippen molar-refractivity contribution in [3.8, 4) is 0 Å². The summed E-state index contributed by atoms with van der Waals surface area (Å²) in [4.78, 5) is 10.7. The summed E-state index contributed by atoms with van der Waals surface area (Å²) < 4.78 is 4.34. The zero-order valence-electron chi connectivity index (χ0n) is 7.29. The number of ether oxygens (including phenoxy) is 1. The molecule has 0 amide bonds. The van der Waals surface area contributed by atoms with Crippen molar-refractivity contribution >= 4 is 5.97 Å². The van der Waals surface area contributed by atoms with Gasteiger partial charge >= 0.3 is 5.97 Å². The number of carbonyl (C=O) groups excluding carboxylic acids is 1. The molecule has 0 fully saturated rings. The van der Waals surface area contributed by atoms with Crippen LogP contribution >= 0.6 is 0 Å². The van der Waals surface area contributed by atoms with Gasteiger partial charge in [0.25, 0.3) is 0 Å². The van der Waals surface area contributed by atoms with Gasteiger partial charge in [0.2, 0.25) is 0 Å². The zero-order chi connectivity index (χ0) is 9.23. The number of hydrogen-bond donors (Lipinski definition) is 1. The van der Waals surface area contributed by atoms with Crippen molar-refractivity contribution in [3.63, 3.8) is 0 Å². The van der Waals surface area contributed by atoms with Crippen LogP contribution in [0.5, 0.6) is 0 Å². The summed E-state index contributed by atoms with van der Waals surface area (Å²) in [5.74, 6) is -0.323. The Morgan fingerprint density at radius 3 is 2.75 bits per heavy atom. The van der Waals surface area contributed by atoms with E-state index < -0.39 is 6.79 Å². The Hall–Kier alpha value is -0.830. The molecule has 1 N–H and O–H groups in total. The molecule has 3 heteroatoms. The minimum atomic E-state index is -0.508. The molecule has 3 nitrogen and oxygen atoms in total. The number of carbonyl (C=O) groups is 1. The normalized spacial score (nSPS) is 9.42. The lowest BCUT2D eigenvalue weighted by Gasteiger charge is -1.99. The Labute approximate surface area is 73.0 Å². The van der Waals surface area contributed by atoms with Crippen molar-refractivity contribution in [3.05, 3.63) is 12.7 Å². The first kappa shape index (κ1) is 11.2. The summed E-state index contributed by atoms with van der Waals surface area (Å²) in [5, 5.41) is 8.22. The number of allylic oxidation sites excluding steroid dienone is 1. The molecule has 0 heterocycles. The molecule has 0 aromatic heterocycles. The fourth-order valence-corrected chi connectivity index (χ4v) is 0.879. The molecule has 0 aliphatic rings. The van der Waals surface area contributed by atoms with E-state index in [4.69, 9.17) is 5.11 Å². The number of unbranched alkanes of at least 4 members (excludes halogenated alkanes) is 3. The number of hydrogen-bond acceptors (Lipinski definition) is 3. The number of esters is 1. The first-order valence-electron chi connectivity index (χ1n) is 4.18. The van der Waals surface area contributed by atoms with Crippen LogP contribution in [0.1, 0.15) is 32.1 Å². The molecule has 0 bridgehead atoms. The molecule has 0 rings (SSSR count). The van der Waals surface area contributed by atoms with E-state index in [0.717, 1.165) is 25.7 Å². The molecule has 0 aromatic carbocycles. The molecule has 0 spiro atoms. The second-order valence-electron chi connectivity index (χ2n) is 2.53. The molecule has 70 valence electrons. The summed E-state index contributed by atoms with van der Waals surface area (Å²) in [6.07, 6.45) is 6.16. The minimum absolute atomic E-state index is 0.323. The van der Waals surface area contributed by atoms with Gasteiger partial charge in [0, 0.05) is 6.42 Å². The Bertz CT molecular complexity index is 132. The maximum Gasteiger partial charge on any atom is 0.307 e. The van der Waals surface area contributed by atoms with Crippen LogP contribution in [0.2, 0.25) is 0 Å². The van der Waals surface area contributed by atoms with Crippen molar-refractivity contribution in [2.24, 2.45) is 0 Å². The maximum atomic E-state index is 10.7. The molecule has 0 atom stereocenters. The Morgan fingerprint density at radius 1 is 1.42 bits per heavy atom. The summed E-state index contributed by atoms with van der Waals surface area (Å²) in [6, 6.07) is 0. The summed E-state index contributed by atoms with van der Waals surface area (Å²) in [6.45, 7) is 3.09. The van der Waals surface area contributed by atoms with Gasteiger partial charge in [0.05, 0.1) is 0 Å². The van der Waals surface area contributed by atoms with Crippen LogP contribution in [0.3, 0.4) is 0 Å². The minimum Gasteiger partial charge on any atom is -0.439 e. The van der Waals surface area contributed by atoms with Crippen LogP contribution in [0, 0.1) is 0 Å². The SMILES string of the molecule is C=CCCCCCC(=O)OCO. The molecule has 0 saturated carbocycles. The quantitative estimate of drug-likeness (QED) is 0.275. The molecular weight excluding hydrogens is 156 g/mol. The highest BCUT2D eigenvalue weighted by Crippen LogP contribution is 2.03. The van der Waals surface area contributed by atoms with Gasteiger partial charge < -0.3 is 9.84 Å². The van der Waals surface area contributed by atoms with E-state index in [9.17, 15) is 4.79 Å². The lowest BCUT2D eigenvalue weighted by molar-refractivity contribution is -0.151. The fraction of sp³-hybridized carbons (Fsp3) is 0.667. The molecule has 0 unspecified atom stereocenters. The second-order valence-corrected chi connectivity index (χ2v) is 2.53. The lowest BCUT2D eigenvalue weighted by Crippen LogP contribution is -2.04. The Morgan fingerprint density at radius 2 is 2.17 bits per heavy atom. The highest BCUT2D eigenvalue weighted by Gasteiger charge is 1.99. The van der Waals surface area contributed by atoms with Crippen molar-refractivity contribution < 1.29 is 14.6 Å². The Kier molecular flexibility index (Phi) is 7.70. The number of aliphatic hydroxyl groups is 1. The number of aliphatic hydroxyl groups excluding tert-OH is 1. The molecule has 0 aliphatic heterocycles. The van der Waals surface area contributed by atoms with Crippen LogP contribution in [0.25, 0.3) is 0 Å². The van der Waals surface area contributed by atoms with Crippen LogP contribution in [0.15, 0.2) is 12.7 Å². The van der Waals surface area contributed by atoms with Crippen LogP contribution < -0.4 is 0 Å². The van der Waals surface area contributed by atoms with E-state index in [1.165, 1.54) is 0 Å². The topological polar surface area (TPSA) is 46.5 Å². The van der Waals surface area contributed by atoms with Crippen LogP contribution in [-0.2, 0) is 9.53 Å². The third-order valence-electron chi connectivity index (χ3n) is 1.51. The largest absolute Gasteiger partial charge is 0.439 e. The van der Waals surface area contributed by atoms with Crippen molar-refractivity contribution in [2.75, 3.05) is 6.79 Å². The van der Waals surface area contributed by atoms with E-state index in [1.807, 2.05) is 6.08 Å². The molecule has 0 aromatic rings. The molecule has 12 heavy (non-hydrogen) atoms. The van der Waals surface area contributed by atoms with Gasteiger partial charge in [-0.1, -0.05) is 12.5 Å². The third kappa shape index (κ3) is 7.28. The fourth-order valence-electron chi connectivity index (χ4n) is 0.879. The predicted molar refractivity (Wildman–Crippen MR) is 46.5 cm³/mol. The average molecular weight is 172 g/mol. The van der Waals surface area contributed by atoms with Crippen molar-refractivity contribution in [1.29, 1.82) is 0 Å². The third-order valence-corrected chi connectivity index (χ3v) is 1.51. The first-order valence-corrected chi connectivity index (χ1v) is 4.18. The van der Waals surface area contributed by atoms with E-state index in [0.29, 0.717) is 6.42 Å².